The first kappa shape index (κ1) is 12.9. The minimum atomic E-state index is 0.234. The summed E-state index contributed by atoms with van der Waals surface area (Å²) >= 11 is 1.38. The molecule has 1 heterocycles. The van der Waals surface area contributed by atoms with Crippen molar-refractivity contribution in [2.24, 2.45) is 0 Å². The van der Waals surface area contributed by atoms with Gasteiger partial charge in [0.15, 0.2) is 0 Å². The van der Waals surface area contributed by atoms with Crippen LogP contribution in [0.5, 0.6) is 0 Å². The number of nitrogens with one attached hydrogen (secondary N) is 1. The highest BCUT2D eigenvalue weighted by Gasteiger charge is 2.12. The summed E-state index contributed by atoms with van der Waals surface area (Å²) in [6.45, 7) is 1.06. The zero-order valence-electron chi connectivity index (χ0n) is 10.1. The normalized spacial score (nSPS) is 10.5. The van der Waals surface area contributed by atoms with Crippen LogP contribution in [-0.2, 0) is 0 Å². The van der Waals surface area contributed by atoms with Crippen LogP contribution in [0, 0.1) is 0 Å². The molecule has 0 aliphatic carbocycles. The van der Waals surface area contributed by atoms with Gasteiger partial charge in [-0.2, -0.15) is 4.37 Å². The summed E-state index contributed by atoms with van der Waals surface area (Å²) in [6, 6.07) is 10.0. The second-order valence-electron chi connectivity index (χ2n) is 4.00. The minimum absolute atomic E-state index is 0.234. The zero-order chi connectivity index (χ0) is 12.8. The highest BCUT2D eigenvalue weighted by Crippen LogP contribution is 2.36. The van der Waals surface area contributed by atoms with E-state index in [4.69, 9.17) is 10.8 Å². The standard InChI is InChI=1S/C13H17N3OS/c14-12-11(10-6-2-1-3-7-10)13(18-16-12)15-8-4-5-9-17/h1-3,6-7,15,17H,4-5,8-9H2,(H2,14,16). The Morgan fingerprint density at radius 1 is 1.22 bits per heavy atom. The van der Waals surface area contributed by atoms with Crippen LogP contribution in [-0.4, -0.2) is 22.6 Å². The van der Waals surface area contributed by atoms with Gasteiger partial charge >= 0.3 is 0 Å². The molecule has 18 heavy (non-hydrogen) atoms. The molecule has 1 aromatic carbocycles. The molecule has 0 amide bonds. The predicted octanol–water partition coefficient (Wildman–Crippen LogP) is 2.58. The molecule has 96 valence electrons. The van der Waals surface area contributed by atoms with E-state index < -0.39 is 0 Å². The van der Waals surface area contributed by atoms with Crippen LogP contribution < -0.4 is 11.1 Å². The highest BCUT2D eigenvalue weighted by molar-refractivity contribution is 7.11. The van der Waals surface area contributed by atoms with E-state index in [2.05, 4.69) is 9.69 Å². The lowest BCUT2D eigenvalue weighted by Gasteiger charge is -2.06. The third-order valence-corrected chi connectivity index (χ3v) is 3.47. The van der Waals surface area contributed by atoms with E-state index in [0.29, 0.717) is 5.82 Å². The summed E-state index contributed by atoms with van der Waals surface area (Å²) in [4.78, 5) is 0. The molecule has 0 spiro atoms. The molecular weight excluding hydrogens is 246 g/mol. The lowest BCUT2D eigenvalue weighted by molar-refractivity contribution is 0.286. The summed E-state index contributed by atoms with van der Waals surface area (Å²) < 4.78 is 4.20. The van der Waals surface area contributed by atoms with Crippen molar-refractivity contribution in [3.05, 3.63) is 30.3 Å². The fraction of sp³-hybridized carbons (Fsp3) is 0.308. The number of aromatic nitrogens is 1. The molecule has 2 rings (SSSR count). The van der Waals surface area contributed by atoms with Gasteiger partial charge in [-0.3, -0.25) is 0 Å². The van der Waals surface area contributed by atoms with Gasteiger partial charge in [-0.15, -0.1) is 0 Å². The zero-order valence-corrected chi connectivity index (χ0v) is 10.9. The van der Waals surface area contributed by atoms with Crippen LogP contribution >= 0.6 is 11.5 Å². The third-order valence-electron chi connectivity index (χ3n) is 2.65. The van der Waals surface area contributed by atoms with E-state index in [1.54, 1.807) is 0 Å². The lowest BCUT2D eigenvalue weighted by atomic mass is 10.1. The van der Waals surface area contributed by atoms with Crippen LogP contribution in [0.4, 0.5) is 10.8 Å². The van der Waals surface area contributed by atoms with Gasteiger partial charge in [-0.1, -0.05) is 30.3 Å². The average molecular weight is 263 g/mol. The van der Waals surface area contributed by atoms with Gasteiger partial charge < -0.3 is 16.2 Å². The van der Waals surface area contributed by atoms with Gasteiger partial charge in [0, 0.05) is 13.2 Å². The molecule has 0 unspecified atom stereocenters. The van der Waals surface area contributed by atoms with Crippen molar-refractivity contribution in [3.63, 3.8) is 0 Å². The molecule has 2 aromatic rings. The number of unbranched alkanes of at least 4 members (excludes halogenated alkanes) is 1. The van der Waals surface area contributed by atoms with Crippen LogP contribution in [0.1, 0.15) is 12.8 Å². The van der Waals surface area contributed by atoms with E-state index in [-0.39, 0.29) is 6.61 Å². The van der Waals surface area contributed by atoms with Crippen molar-refractivity contribution in [2.45, 2.75) is 12.8 Å². The number of nitrogens with zero attached hydrogens (tertiary/aromatic N) is 1. The molecule has 0 radical (unpaired) electrons. The molecule has 5 heteroatoms. The van der Waals surface area contributed by atoms with E-state index >= 15 is 0 Å². The average Bonchev–Trinajstić information content (AvgIpc) is 2.77. The van der Waals surface area contributed by atoms with Crippen LogP contribution in [0.3, 0.4) is 0 Å². The molecule has 0 aliphatic heterocycles. The van der Waals surface area contributed by atoms with Crippen molar-refractivity contribution in [3.8, 4) is 11.1 Å². The van der Waals surface area contributed by atoms with E-state index in [1.165, 1.54) is 11.5 Å². The van der Waals surface area contributed by atoms with Crippen LogP contribution in [0.2, 0.25) is 0 Å². The van der Waals surface area contributed by atoms with E-state index in [0.717, 1.165) is 35.5 Å². The molecule has 1 aromatic heterocycles. The number of hydrogen-bond donors (Lipinski definition) is 3. The monoisotopic (exact) mass is 263 g/mol. The number of aliphatic hydroxyl groups excluding tert-OH is 1. The number of anilines is 2. The fourth-order valence-electron chi connectivity index (χ4n) is 1.75. The predicted molar refractivity (Wildman–Crippen MR) is 76.8 cm³/mol. The molecule has 0 fully saturated rings. The molecule has 4 N–H and O–H groups in total. The maximum absolute atomic E-state index is 8.74. The second-order valence-corrected chi connectivity index (χ2v) is 4.77. The highest BCUT2D eigenvalue weighted by atomic mass is 32.1. The maximum atomic E-state index is 8.74. The van der Waals surface area contributed by atoms with E-state index in [9.17, 15) is 0 Å². The van der Waals surface area contributed by atoms with Gasteiger partial charge in [-0.05, 0) is 29.9 Å². The molecule has 0 saturated carbocycles. The van der Waals surface area contributed by atoms with Gasteiger partial charge in [0.1, 0.15) is 10.8 Å². The number of rotatable bonds is 6. The summed E-state index contributed by atoms with van der Waals surface area (Å²) in [5, 5.41) is 13.1. The molecule has 4 nitrogen and oxygen atoms in total. The summed E-state index contributed by atoms with van der Waals surface area (Å²) in [5.41, 5.74) is 7.98. The van der Waals surface area contributed by atoms with Crippen LogP contribution in [0.25, 0.3) is 11.1 Å². The summed E-state index contributed by atoms with van der Waals surface area (Å²) in [7, 11) is 0. The maximum Gasteiger partial charge on any atom is 0.147 e. The van der Waals surface area contributed by atoms with Crippen molar-refractivity contribution in [2.75, 3.05) is 24.2 Å². The quantitative estimate of drug-likeness (QED) is 0.700. The van der Waals surface area contributed by atoms with Gasteiger partial charge in [0.25, 0.3) is 0 Å². The number of aliphatic hydroxyl groups is 1. The van der Waals surface area contributed by atoms with E-state index in [1.807, 2.05) is 30.3 Å². The Morgan fingerprint density at radius 3 is 2.72 bits per heavy atom. The summed E-state index contributed by atoms with van der Waals surface area (Å²) in [6.07, 6.45) is 1.74. The Balaban J connectivity index is 2.12. The Kier molecular flexibility index (Phi) is 4.55. The Labute approximate surface area is 111 Å². The van der Waals surface area contributed by atoms with Crippen molar-refractivity contribution >= 4 is 22.4 Å². The summed E-state index contributed by atoms with van der Waals surface area (Å²) in [5.74, 6) is 0.566. The molecule has 0 saturated heterocycles. The van der Waals surface area contributed by atoms with Crippen molar-refractivity contribution in [1.82, 2.24) is 4.37 Å². The molecular formula is C13H17N3OS. The minimum Gasteiger partial charge on any atom is -0.396 e. The first-order valence-electron chi connectivity index (χ1n) is 5.98. The molecule has 0 aliphatic rings. The first-order valence-corrected chi connectivity index (χ1v) is 6.75. The van der Waals surface area contributed by atoms with Gasteiger partial charge in [0.05, 0.1) is 5.56 Å². The third kappa shape index (κ3) is 3.00. The fourth-order valence-corrected chi connectivity index (χ4v) is 2.51. The number of nitrogen functional groups attached to an aromatic ring is 1. The van der Waals surface area contributed by atoms with Gasteiger partial charge in [0.2, 0.25) is 0 Å². The Bertz CT molecular complexity index is 484. The number of hydrogen-bond acceptors (Lipinski definition) is 5. The second kappa shape index (κ2) is 6.37. The van der Waals surface area contributed by atoms with Crippen molar-refractivity contribution < 1.29 is 5.11 Å². The molecule has 0 atom stereocenters. The lowest BCUT2D eigenvalue weighted by Crippen LogP contribution is -2.02. The number of benzene rings is 1. The van der Waals surface area contributed by atoms with Gasteiger partial charge in [-0.25, -0.2) is 0 Å². The first-order chi connectivity index (χ1) is 8.83. The molecule has 0 bridgehead atoms. The van der Waals surface area contributed by atoms with Crippen LogP contribution in [0.15, 0.2) is 30.3 Å². The topological polar surface area (TPSA) is 71.2 Å². The smallest absolute Gasteiger partial charge is 0.147 e. The number of nitrogens with two attached hydrogens (primary N) is 1. The largest absolute Gasteiger partial charge is 0.396 e. The Hall–Kier alpha value is -1.59. The van der Waals surface area contributed by atoms with Crippen molar-refractivity contribution in [1.29, 1.82) is 0 Å². The SMILES string of the molecule is Nc1nsc(NCCCCO)c1-c1ccccc1. The Morgan fingerprint density at radius 2 is 2.00 bits per heavy atom.